The van der Waals surface area contributed by atoms with Crippen molar-refractivity contribution in [3.8, 4) is 11.1 Å². The number of nitrogens with one attached hydrogen (secondary N) is 3. The number of aromatic nitrogens is 3. The summed E-state index contributed by atoms with van der Waals surface area (Å²) in [5, 5.41) is 8.24. The van der Waals surface area contributed by atoms with Crippen LogP contribution in [0.15, 0.2) is 59.5 Å². The van der Waals surface area contributed by atoms with Crippen molar-refractivity contribution in [3.63, 3.8) is 0 Å². The molecule has 2 amide bonds. The molecule has 40 heavy (non-hydrogen) atoms. The SMILES string of the molecule is O=C(CN1CCN(C(=O)c2ccco2)CC1)NC1CCC(Nc2cc(-c3c[nH]c4ncccc34)cc(Cl)n2)CC1. The molecule has 2 fully saturated rings. The predicted octanol–water partition coefficient (Wildman–Crippen LogP) is 4.17. The molecule has 0 radical (unpaired) electrons. The van der Waals surface area contributed by atoms with Crippen molar-refractivity contribution in [1.82, 2.24) is 30.1 Å². The van der Waals surface area contributed by atoms with Gasteiger partial charge in [-0.2, -0.15) is 0 Å². The van der Waals surface area contributed by atoms with E-state index in [9.17, 15) is 9.59 Å². The molecule has 208 valence electrons. The van der Waals surface area contributed by atoms with Gasteiger partial charge >= 0.3 is 0 Å². The third-order valence-electron chi connectivity index (χ3n) is 7.76. The van der Waals surface area contributed by atoms with E-state index in [1.807, 2.05) is 30.5 Å². The van der Waals surface area contributed by atoms with E-state index < -0.39 is 0 Å². The third kappa shape index (κ3) is 5.97. The number of hydrogen-bond acceptors (Lipinski definition) is 7. The summed E-state index contributed by atoms with van der Waals surface area (Å²) in [5.74, 6) is 1.04. The first-order chi connectivity index (χ1) is 19.5. The second kappa shape index (κ2) is 11.7. The molecular weight excluding hydrogens is 530 g/mol. The standard InChI is InChI=1S/C29H32ClN7O3/c30-25-15-19(23-17-32-28-22(23)3-1-9-31-28)16-26(35-25)33-20-5-7-21(8-6-20)34-27(38)18-36-10-12-37(13-11-36)29(39)24-4-2-14-40-24/h1-4,9,14-17,20-21H,5-8,10-13,18H2,(H,31,32)(H,33,35)(H,34,38). The molecule has 0 aromatic carbocycles. The van der Waals surface area contributed by atoms with Crippen molar-refractivity contribution >= 4 is 40.3 Å². The summed E-state index contributed by atoms with van der Waals surface area (Å²) < 4.78 is 5.22. The molecule has 0 spiro atoms. The van der Waals surface area contributed by atoms with Crippen molar-refractivity contribution in [2.45, 2.75) is 37.8 Å². The number of anilines is 1. The lowest BCUT2D eigenvalue weighted by atomic mass is 9.91. The van der Waals surface area contributed by atoms with E-state index in [1.54, 1.807) is 23.2 Å². The highest BCUT2D eigenvalue weighted by atomic mass is 35.5. The first-order valence-corrected chi connectivity index (χ1v) is 14.1. The highest BCUT2D eigenvalue weighted by Crippen LogP contribution is 2.31. The topological polar surface area (TPSA) is 119 Å². The van der Waals surface area contributed by atoms with Gasteiger partial charge in [0.1, 0.15) is 16.6 Å². The minimum Gasteiger partial charge on any atom is -0.459 e. The van der Waals surface area contributed by atoms with Crippen molar-refractivity contribution in [1.29, 1.82) is 0 Å². The van der Waals surface area contributed by atoms with Gasteiger partial charge in [0.05, 0.1) is 12.8 Å². The van der Waals surface area contributed by atoms with Crippen LogP contribution in [0.4, 0.5) is 5.82 Å². The van der Waals surface area contributed by atoms with E-state index in [1.165, 1.54) is 6.26 Å². The van der Waals surface area contributed by atoms with Gasteiger partial charge < -0.3 is 24.9 Å². The largest absolute Gasteiger partial charge is 0.459 e. The van der Waals surface area contributed by atoms with Crippen molar-refractivity contribution in [2.75, 3.05) is 38.0 Å². The van der Waals surface area contributed by atoms with Crippen LogP contribution in [-0.4, -0.2) is 81.4 Å². The molecule has 3 N–H and O–H groups in total. The van der Waals surface area contributed by atoms with E-state index in [0.717, 1.165) is 53.7 Å². The van der Waals surface area contributed by atoms with Gasteiger partial charge in [-0.3, -0.25) is 14.5 Å². The van der Waals surface area contributed by atoms with Gasteiger partial charge in [0.25, 0.3) is 5.91 Å². The van der Waals surface area contributed by atoms with Crippen LogP contribution < -0.4 is 10.6 Å². The zero-order valence-electron chi connectivity index (χ0n) is 22.1. The Kier molecular flexibility index (Phi) is 7.70. The van der Waals surface area contributed by atoms with Crippen LogP contribution in [0.25, 0.3) is 22.2 Å². The number of fused-ring (bicyclic) bond motifs is 1. The number of pyridine rings is 2. The molecule has 11 heteroatoms. The molecule has 1 saturated carbocycles. The Morgan fingerprint density at radius 2 is 1.85 bits per heavy atom. The molecule has 10 nitrogen and oxygen atoms in total. The number of carbonyl (C=O) groups is 2. The van der Waals surface area contributed by atoms with Crippen LogP contribution in [0.2, 0.25) is 5.15 Å². The second-order valence-corrected chi connectivity index (χ2v) is 10.9. The molecule has 4 aromatic heterocycles. The maximum absolute atomic E-state index is 12.7. The monoisotopic (exact) mass is 561 g/mol. The summed E-state index contributed by atoms with van der Waals surface area (Å²) in [6.45, 7) is 2.85. The predicted molar refractivity (Wildman–Crippen MR) is 153 cm³/mol. The summed E-state index contributed by atoms with van der Waals surface area (Å²) in [6.07, 6.45) is 8.88. The first-order valence-electron chi connectivity index (χ1n) is 13.7. The van der Waals surface area contributed by atoms with E-state index in [-0.39, 0.29) is 23.9 Å². The first kappa shape index (κ1) is 26.3. The highest BCUT2D eigenvalue weighted by molar-refractivity contribution is 6.29. The molecule has 1 saturated heterocycles. The maximum Gasteiger partial charge on any atom is 0.289 e. The molecule has 2 aliphatic rings. The summed E-state index contributed by atoms with van der Waals surface area (Å²) in [7, 11) is 0. The van der Waals surface area contributed by atoms with Gasteiger partial charge in [0.2, 0.25) is 5.91 Å². The molecule has 0 bridgehead atoms. The smallest absolute Gasteiger partial charge is 0.289 e. The van der Waals surface area contributed by atoms with E-state index in [2.05, 4.69) is 30.5 Å². The van der Waals surface area contributed by atoms with Crippen molar-refractivity contribution in [3.05, 3.63) is 66.0 Å². The Morgan fingerprint density at radius 3 is 2.62 bits per heavy atom. The summed E-state index contributed by atoms with van der Waals surface area (Å²) in [6, 6.07) is 11.7. The maximum atomic E-state index is 12.7. The van der Waals surface area contributed by atoms with Gasteiger partial charge in [0.15, 0.2) is 5.76 Å². The number of nitrogens with zero attached hydrogens (tertiary/aromatic N) is 4. The lowest BCUT2D eigenvalue weighted by Gasteiger charge is -2.34. The molecule has 5 heterocycles. The van der Waals surface area contributed by atoms with Gasteiger partial charge in [0, 0.05) is 61.6 Å². The summed E-state index contributed by atoms with van der Waals surface area (Å²) in [4.78, 5) is 41.1. The summed E-state index contributed by atoms with van der Waals surface area (Å²) >= 11 is 6.39. The van der Waals surface area contributed by atoms with Gasteiger partial charge in [-0.15, -0.1) is 0 Å². The van der Waals surface area contributed by atoms with E-state index in [0.29, 0.717) is 43.6 Å². The third-order valence-corrected chi connectivity index (χ3v) is 7.95. The molecular formula is C29H32ClN7O3. The van der Waals surface area contributed by atoms with E-state index >= 15 is 0 Å². The number of rotatable bonds is 7. The molecule has 1 aliphatic heterocycles. The van der Waals surface area contributed by atoms with Crippen LogP contribution in [0.5, 0.6) is 0 Å². The fourth-order valence-corrected chi connectivity index (χ4v) is 5.86. The second-order valence-electron chi connectivity index (χ2n) is 10.5. The van der Waals surface area contributed by atoms with Crippen molar-refractivity contribution in [2.24, 2.45) is 0 Å². The number of halogens is 1. The quantitative estimate of drug-likeness (QED) is 0.290. The minimum atomic E-state index is -0.0982. The summed E-state index contributed by atoms with van der Waals surface area (Å²) in [5.41, 5.74) is 2.85. The Morgan fingerprint density at radius 1 is 1.05 bits per heavy atom. The lowest BCUT2D eigenvalue weighted by molar-refractivity contribution is -0.123. The Bertz CT molecular complexity index is 1470. The number of amides is 2. The Balaban J connectivity index is 0.963. The zero-order chi connectivity index (χ0) is 27.5. The van der Waals surface area contributed by atoms with Gasteiger partial charge in [-0.25, -0.2) is 9.97 Å². The van der Waals surface area contributed by atoms with E-state index in [4.69, 9.17) is 16.0 Å². The minimum absolute atomic E-state index is 0.0385. The van der Waals surface area contributed by atoms with Crippen LogP contribution in [-0.2, 0) is 4.79 Å². The van der Waals surface area contributed by atoms with Gasteiger partial charge in [-0.1, -0.05) is 11.6 Å². The average Bonchev–Trinajstić information content (AvgIpc) is 3.65. The lowest BCUT2D eigenvalue weighted by Crippen LogP contribution is -2.52. The number of carbonyl (C=O) groups excluding carboxylic acids is 2. The molecule has 1 aliphatic carbocycles. The van der Waals surface area contributed by atoms with Crippen molar-refractivity contribution < 1.29 is 14.0 Å². The number of furan rings is 1. The molecule has 0 unspecified atom stereocenters. The Hall–Kier alpha value is -3.89. The number of aromatic amines is 1. The number of piperazine rings is 1. The van der Waals surface area contributed by atoms with Gasteiger partial charge in [-0.05, 0) is 67.6 Å². The molecule has 0 atom stereocenters. The van der Waals surface area contributed by atoms with Crippen LogP contribution in [0.3, 0.4) is 0 Å². The van der Waals surface area contributed by atoms with Crippen LogP contribution >= 0.6 is 11.6 Å². The normalized spacial score (nSPS) is 20.0. The average molecular weight is 562 g/mol. The number of H-pyrrole nitrogens is 1. The highest BCUT2D eigenvalue weighted by Gasteiger charge is 2.27. The Labute approximate surface area is 237 Å². The molecule has 6 rings (SSSR count). The van der Waals surface area contributed by atoms with Crippen LogP contribution in [0.1, 0.15) is 36.2 Å². The number of hydrogen-bond donors (Lipinski definition) is 3. The zero-order valence-corrected chi connectivity index (χ0v) is 22.9. The fourth-order valence-electron chi connectivity index (χ4n) is 5.65. The fraction of sp³-hybridized carbons (Fsp3) is 0.379. The molecule has 4 aromatic rings. The van der Waals surface area contributed by atoms with Crippen LogP contribution in [0, 0.1) is 0 Å².